The normalized spacial score (nSPS) is 17.0. The lowest BCUT2D eigenvalue weighted by Gasteiger charge is -2.32. The van der Waals surface area contributed by atoms with E-state index >= 15 is 0 Å². The third kappa shape index (κ3) is 5.92. The van der Waals surface area contributed by atoms with E-state index < -0.39 is 5.60 Å². The van der Waals surface area contributed by atoms with Crippen LogP contribution in [0.5, 0.6) is 5.75 Å². The van der Waals surface area contributed by atoms with Gasteiger partial charge in [-0.3, -0.25) is 4.90 Å². The molecule has 0 spiro atoms. The van der Waals surface area contributed by atoms with Crippen molar-refractivity contribution in [2.75, 3.05) is 13.1 Å². The molecule has 1 saturated heterocycles. The van der Waals surface area contributed by atoms with Crippen molar-refractivity contribution in [2.45, 2.75) is 51.8 Å². The molecule has 0 aliphatic carbocycles. The Hall–Kier alpha value is -1.46. The summed E-state index contributed by atoms with van der Waals surface area (Å²) in [6.45, 7) is 8.17. The highest BCUT2D eigenvalue weighted by Gasteiger charge is 2.23. The Morgan fingerprint density at radius 3 is 2.61 bits per heavy atom. The van der Waals surface area contributed by atoms with Gasteiger partial charge in [0, 0.05) is 25.7 Å². The average Bonchev–Trinajstić information content (AvgIpc) is 2.43. The number of phenols is 1. The molecule has 128 valence electrons. The Bertz CT molecular complexity index is 549. The third-order valence-electron chi connectivity index (χ3n) is 3.73. The van der Waals surface area contributed by atoms with Crippen LogP contribution in [0.1, 0.15) is 39.2 Å². The molecule has 5 nitrogen and oxygen atoms in total. The van der Waals surface area contributed by atoms with Crippen LogP contribution in [0.4, 0.5) is 4.79 Å². The number of amides is 1. The number of carbonyl (C=O) groups excluding carboxylic acids is 1. The van der Waals surface area contributed by atoms with Crippen LogP contribution in [0.3, 0.4) is 0 Å². The highest BCUT2D eigenvalue weighted by Crippen LogP contribution is 2.25. The number of hydrogen-bond donors (Lipinski definition) is 2. The smallest absolute Gasteiger partial charge is 0.407 e. The Kier molecular flexibility index (Phi) is 5.76. The molecule has 0 atom stereocenters. The van der Waals surface area contributed by atoms with Crippen molar-refractivity contribution >= 4 is 17.7 Å². The van der Waals surface area contributed by atoms with Gasteiger partial charge < -0.3 is 15.2 Å². The van der Waals surface area contributed by atoms with Gasteiger partial charge in [0.25, 0.3) is 0 Å². The monoisotopic (exact) mass is 340 g/mol. The number of ether oxygens (including phenoxy) is 1. The maximum atomic E-state index is 11.8. The fourth-order valence-electron chi connectivity index (χ4n) is 2.62. The molecule has 1 aromatic carbocycles. The lowest BCUT2D eigenvalue weighted by Crippen LogP contribution is -2.45. The van der Waals surface area contributed by atoms with Crippen LogP contribution < -0.4 is 5.32 Å². The maximum absolute atomic E-state index is 11.8. The predicted molar refractivity (Wildman–Crippen MR) is 90.8 cm³/mol. The molecule has 1 heterocycles. The third-order valence-corrected chi connectivity index (χ3v) is 4.03. The molecule has 2 rings (SSSR count). The number of piperidine rings is 1. The van der Waals surface area contributed by atoms with E-state index in [1.807, 2.05) is 26.8 Å². The summed E-state index contributed by atoms with van der Waals surface area (Å²) in [5.41, 5.74) is 0.606. The van der Waals surface area contributed by atoms with Crippen LogP contribution in [0, 0.1) is 0 Å². The molecule has 1 aliphatic heterocycles. The van der Waals surface area contributed by atoms with E-state index in [0.717, 1.165) is 38.0 Å². The molecular formula is C17H25ClN2O3. The quantitative estimate of drug-likeness (QED) is 0.883. The zero-order valence-electron chi connectivity index (χ0n) is 13.9. The number of nitrogens with one attached hydrogen (secondary N) is 1. The molecule has 0 radical (unpaired) electrons. The second kappa shape index (κ2) is 7.41. The first-order chi connectivity index (χ1) is 10.7. The molecule has 1 aliphatic rings. The summed E-state index contributed by atoms with van der Waals surface area (Å²) in [5.74, 6) is 0.107. The molecule has 23 heavy (non-hydrogen) atoms. The number of hydrogen-bond acceptors (Lipinski definition) is 4. The SMILES string of the molecule is CC(C)(C)OC(=O)NC1CCN(Cc2ccc(O)c(Cl)c2)CC1. The van der Waals surface area contributed by atoms with Gasteiger partial charge in [-0.25, -0.2) is 4.79 Å². The van der Waals surface area contributed by atoms with E-state index in [4.69, 9.17) is 16.3 Å². The van der Waals surface area contributed by atoms with Crippen LogP contribution in [-0.4, -0.2) is 40.8 Å². The second-order valence-electron chi connectivity index (χ2n) is 6.98. The first kappa shape index (κ1) is 17.9. The second-order valence-corrected chi connectivity index (χ2v) is 7.39. The zero-order valence-corrected chi connectivity index (χ0v) is 14.7. The molecule has 0 bridgehead atoms. The first-order valence-corrected chi connectivity index (χ1v) is 8.30. The zero-order chi connectivity index (χ0) is 17.0. The summed E-state index contributed by atoms with van der Waals surface area (Å²) in [7, 11) is 0. The molecule has 0 aromatic heterocycles. The van der Waals surface area contributed by atoms with Crippen LogP contribution in [-0.2, 0) is 11.3 Å². The maximum Gasteiger partial charge on any atom is 0.407 e. The molecule has 2 N–H and O–H groups in total. The molecule has 1 amide bonds. The molecule has 0 saturated carbocycles. The summed E-state index contributed by atoms with van der Waals surface area (Å²) in [4.78, 5) is 14.1. The Labute approximate surface area is 142 Å². The van der Waals surface area contributed by atoms with E-state index in [0.29, 0.717) is 5.02 Å². The van der Waals surface area contributed by atoms with Crippen LogP contribution >= 0.6 is 11.6 Å². The minimum Gasteiger partial charge on any atom is -0.506 e. The Morgan fingerprint density at radius 1 is 1.39 bits per heavy atom. The number of rotatable bonds is 3. The highest BCUT2D eigenvalue weighted by molar-refractivity contribution is 6.32. The molecule has 6 heteroatoms. The lowest BCUT2D eigenvalue weighted by atomic mass is 10.0. The van der Waals surface area contributed by atoms with Gasteiger partial charge in [0.1, 0.15) is 11.4 Å². The first-order valence-electron chi connectivity index (χ1n) is 7.92. The van der Waals surface area contributed by atoms with E-state index in [1.165, 1.54) is 0 Å². The van der Waals surface area contributed by atoms with E-state index in [2.05, 4.69) is 10.2 Å². The fourth-order valence-corrected chi connectivity index (χ4v) is 2.82. The van der Waals surface area contributed by atoms with Crippen molar-refractivity contribution < 1.29 is 14.6 Å². The van der Waals surface area contributed by atoms with Gasteiger partial charge >= 0.3 is 6.09 Å². The number of halogens is 1. The number of phenolic OH excluding ortho intramolecular Hbond substituents is 1. The van der Waals surface area contributed by atoms with Crippen LogP contribution in [0.2, 0.25) is 5.02 Å². The summed E-state index contributed by atoms with van der Waals surface area (Å²) in [6, 6.07) is 5.45. The number of likely N-dealkylation sites (tertiary alicyclic amines) is 1. The molecular weight excluding hydrogens is 316 g/mol. The van der Waals surface area contributed by atoms with Gasteiger partial charge in [-0.15, -0.1) is 0 Å². The van der Waals surface area contributed by atoms with Crippen molar-refractivity contribution in [3.63, 3.8) is 0 Å². The van der Waals surface area contributed by atoms with Crippen LogP contribution in [0.15, 0.2) is 18.2 Å². The minimum absolute atomic E-state index is 0.107. The fraction of sp³-hybridized carbons (Fsp3) is 0.588. The Balaban J connectivity index is 1.77. The van der Waals surface area contributed by atoms with E-state index in [9.17, 15) is 9.90 Å². The van der Waals surface area contributed by atoms with Gasteiger partial charge in [0.2, 0.25) is 0 Å². The van der Waals surface area contributed by atoms with E-state index in [1.54, 1.807) is 12.1 Å². The Morgan fingerprint density at radius 2 is 2.04 bits per heavy atom. The van der Waals surface area contributed by atoms with Crippen molar-refractivity contribution in [3.05, 3.63) is 28.8 Å². The highest BCUT2D eigenvalue weighted by atomic mass is 35.5. The summed E-state index contributed by atoms with van der Waals surface area (Å²) in [5, 5.41) is 12.8. The summed E-state index contributed by atoms with van der Waals surface area (Å²) < 4.78 is 5.29. The largest absolute Gasteiger partial charge is 0.506 e. The van der Waals surface area contributed by atoms with Crippen LogP contribution in [0.25, 0.3) is 0 Å². The number of benzene rings is 1. The minimum atomic E-state index is -0.469. The lowest BCUT2D eigenvalue weighted by molar-refractivity contribution is 0.0477. The van der Waals surface area contributed by atoms with Gasteiger partial charge in [-0.2, -0.15) is 0 Å². The summed E-state index contributed by atoms with van der Waals surface area (Å²) >= 11 is 5.93. The molecule has 0 unspecified atom stereocenters. The van der Waals surface area contributed by atoms with Crippen molar-refractivity contribution in [2.24, 2.45) is 0 Å². The molecule has 1 aromatic rings. The van der Waals surface area contributed by atoms with Crippen molar-refractivity contribution in [3.8, 4) is 5.75 Å². The van der Waals surface area contributed by atoms with Crippen molar-refractivity contribution in [1.82, 2.24) is 10.2 Å². The topological polar surface area (TPSA) is 61.8 Å². The average molecular weight is 341 g/mol. The number of carbonyl (C=O) groups is 1. The van der Waals surface area contributed by atoms with Gasteiger partial charge in [0.05, 0.1) is 5.02 Å². The predicted octanol–water partition coefficient (Wildman–Crippen LogP) is 3.53. The molecule has 1 fully saturated rings. The standard InChI is InChI=1S/C17H25ClN2O3/c1-17(2,3)23-16(22)19-13-6-8-20(9-7-13)11-12-4-5-15(21)14(18)10-12/h4-5,10,13,21H,6-9,11H2,1-3H3,(H,19,22). The van der Waals surface area contributed by atoms with E-state index in [-0.39, 0.29) is 17.9 Å². The number of alkyl carbamates (subject to hydrolysis) is 1. The number of nitrogens with zero attached hydrogens (tertiary/aromatic N) is 1. The number of aromatic hydroxyl groups is 1. The van der Waals surface area contributed by atoms with Gasteiger partial charge in [-0.05, 0) is 51.3 Å². The summed E-state index contributed by atoms with van der Waals surface area (Å²) in [6.07, 6.45) is 1.44. The van der Waals surface area contributed by atoms with Gasteiger partial charge in [-0.1, -0.05) is 17.7 Å². The van der Waals surface area contributed by atoms with Gasteiger partial charge in [0.15, 0.2) is 0 Å². The van der Waals surface area contributed by atoms with Crippen molar-refractivity contribution in [1.29, 1.82) is 0 Å².